The van der Waals surface area contributed by atoms with Gasteiger partial charge in [-0.2, -0.15) is 0 Å². The van der Waals surface area contributed by atoms with E-state index in [0.717, 1.165) is 35.9 Å². The van der Waals surface area contributed by atoms with Crippen molar-refractivity contribution in [1.82, 2.24) is 20.5 Å². The molecule has 2 N–H and O–H groups in total. The van der Waals surface area contributed by atoms with Gasteiger partial charge in [0.15, 0.2) is 5.58 Å². The first-order valence-corrected chi connectivity index (χ1v) is 11.2. The average molecular weight is 449 g/mol. The Morgan fingerprint density at radius 3 is 2.58 bits per heavy atom. The van der Waals surface area contributed by atoms with Crippen molar-refractivity contribution >= 4 is 28.8 Å². The summed E-state index contributed by atoms with van der Waals surface area (Å²) in [5.74, 6) is 0.238. The first-order chi connectivity index (χ1) is 15.9. The van der Waals surface area contributed by atoms with Gasteiger partial charge < -0.3 is 20.0 Å². The van der Waals surface area contributed by atoms with Gasteiger partial charge in [-0.3, -0.25) is 14.4 Å². The fourth-order valence-electron chi connectivity index (χ4n) is 4.21. The molecule has 33 heavy (non-hydrogen) atoms. The van der Waals surface area contributed by atoms with Gasteiger partial charge in [0.25, 0.3) is 5.91 Å². The number of rotatable bonds is 7. The molecule has 1 aliphatic carbocycles. The number of amides is 3. The molecule has 2 unspecified atom stereocenters. The Kier molecular flexibility index (Phi) is 6.72. The van der Waals surface area contributed by atoms with Crippen LogP contribution in [0.15, 0.2) is 52.9 Å². The number of para-hydroxylation sites is 2. The number of hydrogen-bond donors (Lipinski definition) is 2. The number of nitrogens with zero attached hydrogens (tertiary/aromatic N) is 2. The Morgan fingerprint density at radius 2 is 1.85 bits per heavy atom. The zero-order chi connectivity index (χ0) is 23.4. The summed E-state index contributed by atoms with van der Waals surface area (Å²) in [7, 11) is 1.81. The number of carbonyl (C=O) groups excluding carboxylic acids is 3. The van der Waals surface area contributed by atoms with Crippen LogP contribution in [0.2, 0.25) is 0 Å². The van der Waals surface area contributed by atoms with Gasteiger partial charge >= 0.3 is 0 Å². The largest absolute Gasteiger partial charge is 0.436 e. The molecule has 4 rings (SSSR count). The second kappa shape index (κ2) is 9.85. The molecule has 8 heteroatoms. The number of oxazole rings is 1. The quantitative estimate of drug-likeness (QED) is 0.578. The Morgan fingerprint density at radius 1 is 1.09 bits per heavy atom. The molecule has 1 aliphatic rings. The van der Waals surface area contributed by atoms with Gasteiger partial charge in [-0.05, 0) is 55.7 Å². The van der Waals surface area contributed by atoms with E-state index in [1.807, 2.05) is 43.4 Å². The molecule has 0 aliphatic heterocycles. The minimum absolute atomic E-state index is 0.0385. The van der Waals surface area contributed by atoms with Crippen molar-refractivity contribution in [2.75, 3.05) is 13.6 Å². The maximum Gasteiger partial charge on any atom is 0.253 e. The molecular formula is C25H28N4O4. The predicted molar refractivity (Wildman–Crippen MR) is 124 cm³/mol. The van der Waals surface area contributed by atoms with Crippen LogP contribution in [-0.2, 0) is 9.59 Å². The zero-order valence-electron chi connectivity index (χ0n) is 18.8. The smallest absolute Gasteiger partial charge is 0.253 e. The maximum atomic E-state index is 13.0. The minimum atomic E-state index is -0.147. The summed E-state index contributed by atoms with van der Waals surface area (Å²) >= 11 is 0. The van der Waals surface area contributed by atoms with Crippen LogP contribution in [0.4, 0.5) is 0 Å². The average Bonchev–Trinajstić information content (AvgIpc) is 3.45. The number of hydrogen-bond acceptors (Lipinski definition) is 5. The van der Waals surface area contributed by atoms with E-state index in [1.54, 1.807) is 17.0 Å². The predicted octanol–water partition coefficient (Wildman–Crippen LogP) is 3.13. The van der Waals surface area contributed by atoms with Gasteiger partial charge in [-0.1, -0.05) is 12.1 Å². The number of fused-ring (bicyclic) bond motifs is 1. The lowest BCUT2D eigenvalue weighted by atomic mass is 10.1. The van der Waals surface area contributed by atoms with Crippen LogP contribution in [0.1, 0.15) is 43.0 Å². The summed E-state index contributed by atoms with van der Waals surface area (Å²) in [6.45, 7) is 1.75. The fourth-order valence-corrected chi connectivity index (χ4v) is 4.21. The van der Waals surface area contributed by atoms with Crippen molar-refractivity contribution < 1.29 is 18.8 Å². The van der Waals surface area contributed by atoms with E-state index in [0.29, 0.717) is 18.0 Å². The third kappa shape index (κ3) is 5.39. The summed E-state index contributed by atoms with van der Waals surface area (Å²) in [4.78, 5) is 42.2. The van der Waals surface area contributed by atoms with E-state index < -0.39 is 0 Å². The van der Waals surface area contributed by atoms with E-state index in [4.69, 9.17) is 4.42 Å². The number of carbonyl (C=O) groups is 3. The van der Waals surface area contributed by atoms with Crippen LogP contribution in [0.3, 0.4) is 0 Å². The van der Waals surface area contributed by atoms with Crippen LogP contribution >= 0.6 is 0 Å². The molecule has 1 fully saturated rings. The third-order valence-corrected chi connectivity index (χ3v) is 6.04. The molecule has 2 aromatic carbocycles. The van der Waals surface area contributed by atoms with Gasteiger partial charge in [-0.15, -0.1) is 0 Å². The van der Waals surface area contributed by atoms with Crippen LogP contribution in [0.25, 0.3) is 22.6 Å². The van der Waals surface area contributed by atoms with Crippen LogP contribution in [0, 0.1) is 0 Å². The van der Waals surface area contributed by atoms with E-state index in [2.05, 4.69) is 15.6 Å². The Labute approximate surface area is 192 Å². The molecule has 0 saturated heterocycles. The topological polar surface area (TPSA) is 105 Å². The second-order valence-corrected chi connectivity index (χ2v) is 8.44. The Hall–Kier alpha value is -3.68. The third-order valence-electron chi connectivity index (χ3n) is 6.04. The maximum absolute atomic E-state index is 13.0. The van der Waals surface area contributed by atoms with Crippen molar-refractivity contribution in [1.29, 1.82) is 0 Å². The van der Waals surface area contributed by atoms with Gasteiger partial charge in [0.05, 0.1) is 0 Å². The molecular weight excluding hydrogens is 420 g/mol. The van der Waals surface area contributed by atoms with Crippen molar-refractivity contribution in [3.63, 3.8) is 0 Å². The normalized spacial score (nSPS) is 17.6. The highest BCUT2D eigenvalue weighted by Gasteiger charge is 2.31. The molecule has 1 aromatic heterocycles. The molecule has 0 spiro atoms. The zero-order valence-corrected chi connectivity index (χ0v) is 18.8. The fraction of sp³-hybridized carbons (Fsp3) is 0.360. The summed E-state index contributed by atoms with van der Waals surface area (Å²) in [6, 6.07) is 15.0. The lowest BCUT2D eigenvalue weighted by Gasteiger charge is -2.25. The highest BCUT2D eigenvalue weighted by Crippen LogP contribution is 2.27. The van der Waals surface area contributed by atoms with Crippen molar-refractivity contribution in [3.05, 3.63) is 54.1 Å². The SMILES string of the molecule is CC(=O)NCCC(=O)NC1CCC(N(C)C(=O)c2ccc(-c3nc4ccccc4o3)cc2)C1. The van der Waals surface area contributed by atoms with Crippen LogP contribution < -0.4 is 10.6 Å². The molecule has 3 amide bonds. The molecule has 172 valence electrons. The molecule has 3 aromatic rings. The summed E-state index contributed by atoms with van der Waals surface area (Å²) in [5, 5.41) is 5.63. The van der Waals surface area contributed by atoms with Gasteiger partial charge in [0.1, 0.15) is 5.52 Å². The summed E-state index contributed by atoms with van der Waals surface area (Å²) in [5.41, 5.74) is 2.93. The lowest BCUT2D eigenvalue weighted by molar-refractivity contribution is -0.122. The van der Waals surface area contributed by atoms with Crippen molar-refractivity contribution in [3.8, 4) is 11.5 Å². The van der Waals surface area contributed by atoms with Gasteiger partial charge in [0, 0.05) is 50.1 Å². The molecule has 1 heterocycles. The number of nitrogens with one attached hydrogen (secondary N) is 2. The van der Waals surface area contributed by atoms with Crippen molar-refractivity contribution in [2.24, 2.45) is 0 Å². The van der Waals surface area contributed by atoms with E-state index in [-0.39, 0.29) is 36.2 Å². The minimum Gasteiger partial charge on any atom is -0.436 e. The first-order valence-electron chi connectivity index (χ1n) is 11.2. The Bertz CT molecular complexity index is 1120. The lowest BCUT2D eigenvalue weighted by Crippen LogP contribution is -2.39. The highest BCUT2D eigenvalue weighted by atomic mass is 16.3. The van der Waals surface area contributed by atoms with Crippen LogP contribution in [0.5, 0.6) is 0 Å². The van der Waals surface area contributed by atoms with E-state index >= 15 is 0 Å². The first kappa shape index (κ1) is 22.5. The molecule has 1 saturated carbocycles. The molecule has 2 atom stereocenters. The number of aromatic nitrogens is 1. The monoisotopic (exact) mass is 448 g/mol. The van der Waals surface area contributed by atoms with Gasteiger partial charge in [-0.25, -0.2) is 4.98 Å². The van der Waals surface area contributed by atoms with Crippen molar-refractivity contribution in [2.45, 2.75) is 44.7 Å². The standard InChI is InChI=1S/C25H28N4O4/c1-16(30)26-14-13-23(31)27-19-11-12-20(15-19)29(2)25(32)18-9-7-17(8-10-18)24-28-21-5-3-4-6-22(21)33-24/h3-10,19-20H,11-15H2,1-2H3,(H,26,30)(H,27,31). The highest BCUT2D eigenvalue weighted by molar-refractivity contribution is 5.94. The Balaban J connectivity index is 1.32. The van der Waals surface area contributed by atoms with E-state index in [9.17, 15) is 14.4 Å². The summed E-state index contributed by atoms with van der Waals surface area (Å²) in [6.07, 6.45) is 2.63. The van der Waals surface area contributed by atoms with E-state index in [1.165, 1.54) is 6.92 Å². The molecule has 8 nitrogen and oxygen atoms in total. The summed E-state index contributed by atoms with van der Waals surface area (Å²) < 4.78 is 5.80. The molecule has 0 bridgehead atoms. The van der Waals surface area contributed by atoms with Crippen LogP contribution in [-0.4, -0.2) is 53.3 Å². The second-order valence-electron chi connectivity index (χ2n) is 8.44. The molecule has 0 radical (unpaired) electrons. The number of benzene rings is 2. The van der Waals surface area contributed by atoms with Gasteiger partial charge in [0.2, 0.25) is 17.7 Å².